The molecule has 0 bridgehead atoms. The van der Waals surface area contributed by atoms with Crippen molar-refractivity contribution in [1.82, 2.24) is 5.32 Å². The molecule has 0 fully saturated rings. The molecular formula is C14H19NO5. The lowest BCUT2D eigenvalue weighted by Crippen LogP contribution is -2.28. The van der Waals surface area contributed by atoms with Gasteiger partial charge in [-0.2, -0.15) is 0 Å². The highest BCUT2D eigenvalue weighted by Crippen LogP contribution is 2.30. The van der Waals surface area contributed by atoms with E-state index in [1.807, 2.05) is 0 Å². The monoisotopic (exact) mass is 281 g/mol. The predicted molar refractivity (Wildman–Crippen MR) is 72.3 cm³/mol. The van der Waals surface area contributed by atoms with Gasteiger partial charge in [-0.25, -0.2) is 0 Å². The molecule has 1 unspecified atom stereocenters. The first-order valence-corrected chi connectivity index (χ1v) is 6.55. The first-order chi connectivity index (χ1) is 9.70. The quantitative estimate of drug-likeness (QED) is 0.798. The van der Waals surface area contributed by atoms with Crippen LogP contribution in [0, 0.1) is 0 Å². The molecule has 6 nitrogen and oxygen atoms in total. The molecule has 110 valence electrons. The first kappa shape index (κ1) is 14.6. The van der Waals surface area contributed by atoms with Crippen molar-refractivity contribution >= 4 is 5.91 Å². The number of methoxy groups -OCH3 is 1. The second-order valence-electron chi connectivity index (χ2n) is 4.51. The molecule has 0 spiro atoms. The Hall–Kier alpha value is -1.79. The topological polar surface area (TPSA) is 77.0 Å². The summed E-state index contributed by atoms with van der Waals surface area (Å²) in [6, 6.07) is 5.08. The van der Waals surface area contributed by atoms with Gasteiger partial charge in [0, 0.05) is 19.2 Å². The summed E-state index contributed by atoms with van der Waals surface area (Å²) in [4.78, 5) is 11.9. The fourth-order valence-electron chi connectivity index (χ4n) is 1.91. The number of nitrogens with one attached hydrogen (secondary N) is 1. The zero-order valence-electron chi connectivity index (χ0n) is 11.4. The first-order valence-electron chi connectivity index (χ1n) is 6.55. The number of hydrogen-bond acceptors (Lipinski definition) is 5. The smallest absolute Gasteiger partial charge is 0.251 e. The van der Waals surface area contributed by atoms with Gasteiger partial charge < -0.3 is 24.6 Å². The molecule has 1 aromatic carbocycles. The van der Waals surface area contributed by atoms with E-state index in [1.54, 1.807) is 18.2 Å². The number of carbonyl (C=O) groups excluding carboxylic acids is 1. The zero-order valence-corrected chi connectivity index (χ0v) is 11.4. The Balaban J connectivity index is 1.86. The van der Waals surface area contributed by atoms with Gasteiger partial charge in [-0.1, -0.05) is 0 Å². The SMILES string of the molecule is COCC(O)CCNC(=O)c1ccc2c(c1)OCCO2. The lowest BCUT2D eigenvalue weighted by Gasteiger charge is -2.18. The van der Waals surface area contributed by atoms with Crippen molar-refractivity contribution in [3.05, 3.63) is 23.8 Å². The molecule has 1 amide bonds. The van der Waals surface area contributed by atoms with Crippen LogP contribution in [-0.2, 0) is 4.74 Å². The number of carbonyl (C=O) groups is 1. The second kappa shape index (κ2) is 7.12. The van der Waals surface area contributed by atoms with Crippen molar-refractivity contribution < 1.29 is 24.1 Å². The molecule has 1 heterocycles. The van der Waals surface area contributed by atoms with Crippen LogP contribution in [-0.4, -0.2) is 50.6 Å². The van der Waals surface area contributed by atoms with Crippen molar-refractivity contribution in [3.63, 3.8) is 0 Å². The van der Waals surface area contributed by atoms with Crippen molar-refractivity contribution in [2.75, 3.05) is 33.5 Å². The van der Waals surface area contributed by atoms with Crippen LogP contribution in [0.1, 0.15) is 16.8 Å². The molecule has 0 saturated carbocycles. The Morgan fingerprint density at radius 1 is 1.40 bits per heavy atom. The maximum atomic E-state index is 11.9. The molecule has 1 aliphatic heterocycles. The Bertz CT molecular complexity index is 463. The lowest BCUT2D eigenvalue weighted by molar-refractivity contribution is 0.0587. The standard InChI is InChI=1S/C14H19NO5/c1-18-9-11(16)4-5-15-14(17)10-2-3-12-13(8-10)20-7-6-19-12/h2-3,8,11,16H,4-7,9H2,1H3,(H,15,17). The van der Waals surface area contributed by atoms with E-state index in [-0.39, 0.29) is 12.5 Å². The molecule has 1 aliphatic rings. The Morgan fingerprint density at radius 2 is 2.15 bits per heavy atom. The van der Waals surface area contributed by atoms with Crippen LogP contribution < -0.4 is 14.8 Å². The van der Waals surface area contributed by atoms with Crippen LogP contribution in [0.2, 0.25) is 0 Å². The number of aliphatic hydroxyl groups is 1. The van der Waals surface area contributed by atoms with Gasteiger partial charge in [-0.3, -0.25) is 4.79 Å². The summed E-state index contributed by atoms with van der Waals surface area (Å²) in [7, 11) is 1.52. The third-order valence-electron chi connectivity index (χ3n) is 2.93. The van der Waals surface area contributed by atoms with Crippen LogP contribution in [0.15, 0.2) is 18.2 Å². The molecule has 0 saturated heterocycles. The van der Waals surface area contributed by atoms with Crippen molar-refractivity contribution in [3.8, 4) is 11.5 Å². The molecule has 2 rings (SSSR count). The van der Waals surface area contributed by atoms with E-state index < -0.39 is 6.10 Å². The van der Waals surface area contributed by atoms with Crippen molar-refractivity contribution in [2.45, 2.75) is 12.5 Å². The Kier molecular flexibility index (Phi) is 5.20. The van der Waals surface area contributed by atoms with Gasteiger partial charge in [0.2, 0.25) is 0 Å². The van der Waals surface area contributed by atoms with Gasteiger partial charge in [0.05, 0.1) is 12.7 Å². The van der Waals surface area contributed by atoms with Gasteiger partial charge in [0.15, 0.2) is 11.5 Å². The lowest BCUT2D eigenvalue weighted by atomic mass is 10.1. The van der Waals surface area contributed by atoms with Gasteiger partial charge >= 0.3 is 0 Å². The minimum Gasteiger partial charge on any atom is -0.486 e. The normalized spacial score (nSPS) is 14.7. The fraction of sp³-hybridized carbons (Fsp3) is 0.500. The molecular weight excluding hydrogens is 262 g/mol. The van der Waals surface area contributed by atoms with Crippen LogP contribution in [0.3, 0.4) is 0 Å². The summed E-state index contributed by atoms with van der Waals surface area (Å²) in [5.74, 6) is 1.04. The highest BCUT2D eigenvalue weighted by atomic mass is 16.6. The number of rotatable bonds is 6. The van der Waals surface area contributed by atoms with E-state index in [1.165, 1.54) is 7.11 Å². The number of hydrogen-bond donors (Lipinski definition) is 2. The summed E-state index contributed by atoms with van der Waals surface area (Å²) < 4.78 is 15.6. The van der Waals surface area contributed by atoms with Crippen LogP contribution in [0.5, 0.6) is 11.5 Å². The summed E-state index contributed by atoms with van der Waals surface area (Å²) in [6.45, 7) is 1.66. The van der Waals surface area contributed by atoms with E-state index >= 15 is 0 Å². The number of ether oxygens (including phenoxy) is 3. The highest BCUT2D eigenvalue weighted by molar-refractivity contribution is 5.94. The van der Waals surface area contributed by atoms with Gasteiger partial charge in [-0.15, -0.1) is 0 Å². The summed E-state index contributed by atoms with van der Waals surface area (Å²) in [6.07, 6.45) is -0.120. The van der Waals surface area contributed by atoms with Crippen LogP contribution in [0.4, 0.5) is 0 Å². The van der Waals surface area contributed by atoms with Gasteiger partial charge in [0.25, 0.3) is 5.91 Å². The minimum atomic E-state index is -0.569. The van der Waals surface area contributed by atoms with Crippen LogP contribution in [0.25, 0.3) is 0 Å². The fourth-order valence-corrected chi connectivity index (χ4v) is 1.91. The van der Waals surface area contributed by atoms with E-state index in [2.05, 4.69) is 5.32 Å². The molecule has 0 radical (unpaired) electrons. The number of fused-ring (bicyclic) bond motifs is 1. The second-order valence-corrected chi connectivity index (χ2v) is 4.51. The van der Waals surface area contributed by atoms with E-state index in [0.717, 1.165) is 0 Å². The molecule has 1 atom stereocenters. The van der Waals surface area contributed by atoms with Crippen LogP contribution >= 0.6 is 0 Å². The number of amides is 1. The average molecular weight is 281 g/mol. The largest absolute Gasteiger partial charge is 0.486 e. The summed E-state index contributed by atoms with van der Waals surface area (Å²) in [5.41, 5.74) is 0.510. The third kappa shape index (κ3) is 3.85. The van der Waals surface area contributed by atoms with Crippen molar-refractivity contribution in [1.29, 1.82) is 0 Å². The molecule has 6 heteroatoms. The Labute approximate surface area is 117 Å². The van der Waals surface area contributed by atoms with Crippen molar-refractivity contribution in [2.24, 2.45) is 0 Å². The average Bonchev–Trinajstić information content (AvgIpc) is 2.47. The Morgan fingerprint density at radius 3 is 2.90 bits per heavy atom. The molecule has 0 aromatic heterocycles. The van der Waals surface area contributed by atoms with Gasteiger partial charge in [0.1, 0.15) is 13.2 Å². The summed E-state index contributed by atoms with van der Waals surface area (Å²) >= 11 is 0. The zero-order chi connectivity index (χ0) is 14.4. The third-order valence-corrected chi connectivity index (χ3v) is 2.93. The molecule has 0 aliphatic carbocycles. The predicted octanol–water partition coefficient (Wildman–Crippen LogP) is 0.585. The highest BCUT2D eigenvalue weighted by Gasteiger charge is 2.15. The maximum Gasteiger partial charge on any atom is 0.251 e. The van der Waals surface area contributed by atoms with E-state index in [0.29, 0.717) is 43.2 Å². The molecule has 2 N–H and O–H groups in total. The molecule has 20 heavy (non-hydrogen) atoms. The van der Waals surface area contributed by atoms with E-state index in [9.17, 15) is 9.90 Å². The van der Waals surface area contributed by atoms with E-state index in [4.69, 9.17) is 14.2 Å². The molecule has 1 aromatic rings. The summed E-state index contributed by atoms with van der Waals surface area (Å²) in [5, 5.41) is 12.2. The number of benzene rings is 1. The minimum absolute atomic E-state index is 0.202. The number of aliphatic hydroxyl groups excluding tert-OH is 1. The maximum absolute atomic E-state index is 11.9. The van der Waals surface area contributed by atoms with Gasteiger partial charge in [-0.05, 0) is 24.6 Å².